The molecule has 29 heavy (non-hydrogen) atoms. The molecule has 0 bridgehead atoms. The Labute approximate surface area is 190 Å². The van der Waals surface area contributed by atoms with Crippen molar-refractivity contribution in [1.29, 1.82) is 0 Å². The first-order chi connectivity index (χ1) is 13.2. The molecule has 1 aliphatic carbocycles. The quantitative estimate of drug-likeness (QED) is 0.621. The van der Waals surface area contributed by atoms with Gasteiger partial charge in [0, 0.05) is 30.9 Å². The highest BCUT2D eigenvalue weighted by molar-refractivity contribution is 7.09. The van der Waals surface area contributed by atoms with Crippen LogP contribution < -0.4 is 11.1 Å². The van der Waals surface area contributed by atoms with Crippen LogP contribution in [0.15, 0.2) is 29.6 Å². The Morgan fingerprint density at radius 2 is 1.90 bits per heavy atom. The van der Waals surface area contributed by atoms with Gasteiger partial charge in [0.15, 0.2) is 0 Å². The summed E-state index contributed by atoms with van der Waals surface area (Å²) in [6.07, 6.45) is 7.36. The molecule has 1 fully saturated rings. The fourth-order valence-corrected chi connectivity index (χ4v) is 4.52. The van der Waals surface area contributed by atoms with Gasteiger partial charge in [0.2, 0.25) is 0 Å². The van der Waals surface area contributed by atoms with Crippen LogP contribution in [-0.2, 0) is 19.5 Å². The molecule has 3 rings (SSSR count). The predicted octanol–water partition coefficient (Wildman–Crippen LogP) is 4.18. The molecule has 0 radical (unpaired) electrons. The molecule has 3 N–H and O–H groups in total. The van der Waals surface area contributed by atoms with Crippen LogP contribution >= 0.6 is 36.2 Å². The minimum absolute atomic E-state index is 0. The zero-order chi connectivity index (χ0) is 19.1. The largest absolute Gasteiger partial charge is 0.347 e. The average molecular weight is 459 g/mol. The van der Waals surface area contributed by atoms with E-state index in [-0.39, 0.29) is 30.7 Å². The maximum Gasteiger partial charge on any atom is 0.271 e. The molecule has 8 heteroatoms. The molecule has 0 saturated heterocycles. The second kappa shape index (κ2) is 13.2. The summed E-state index contributed by atoms with van der Waals surface area (Å²) < 4.78 is 0. The number of nitrogens with two attached hydrogens (primary N) is 1. The van der Waals surface area contributed by atoms with Crippen molar-refractivity contribution in [2.45, 2.75) is 57.7 Å². The van der Waals surface area contributed by atoms with Gasteiger partial charge in [0.1, 0.15) is 5.69 Å². The maximum absolute atomic E-state index is 12.4. The second-order valence-corrected chi connectivity index (χ2v) is 8.27. The zero-order valence-electron chi connectivity index (χ0n) is 16.9. The summed E-state index contributed by atoms with van der Waals surface area (Å²) in [5, 5.41) is 5.74. The van der Waals surface area contributed by atoms with E-state index < -0.39 is 0 Å². The molecule has 1 aromatic carbocycles. The molecule has 0 aliphatic heterocycles. The Kier molecular flexibility index (Phi) is 11.8. The normalized spacial score (nSPS) is 14.2. The van der Waals surface area contributed by atoms with Crippen molar-refractivity contribution in [3.63, 3.8) is 0 Å². The minimum atomic E-state index is -0.120. The first-order valence-corrected chi connectivity index (χ1v) is 10.7. The fraction of sp³-hybridized carbons (Fsp3) is 0.524. The number of aromatic nitrogens is 1. The Balaban J connectivity index is 0.00000210. The number of nitrogens with zero attached hydrogens (tertiary/aromatic N) is 2. The van der Waals surface area contributed by atoms with Gasteiger partial charge in [-0.1, -0.05) is 43.5 Å². The van der Waals surface area contributed by atoms with Crippen molar-refractivity contribution >= 4 is 42.1 Å². The van der Waals surface area contributed by atoms with Gasteiger partial charge in [-0.25, -0.2) is 4.98 Å². The van der Waals surface area contributed by atoms with Crippen molar-refractivity contribution in [2.24, 2.45) is 5.73 Å². The molecule has 1 aromatic heterocycles. The van der Waals surface area contributed by atoms with Gasteiger partial charge in [-0.3, -0.25) is 9.69 Å². The summed E-state index contributed by atoms with van der Waals surface area (Å²) in [5.74, 6) is -0.120. The standard InChI is InChI=1S/C21H30N4OS.2ClH/c1-25(18-9-3-2-4-10-18)14-17-8-6-5-7-16(17)13-23-21(26)19-15-27-20(24-19)11-12-22;;/h5-8,15,18H,2-4,9-14,22H2,1H3,(H,23,26);2*1H. The number of halogens is 2. The van der Waals surface area contributed by atoms with Crippen molar-refractivity contribution < 1.29 is 4.79 Å². The Morgan fingerprint density at radius 1 is 1.21 bits per heavy atom. The van der Waals surface area contributed by atoms with Gasteiger partial charge in [-0.15, -0.1) is 36.2 Å². The summed E-state index contributed by atoms with van der Waals surface area (Å²) in [6.45, 7) is 2.00. The molecular formula is C21H32Cl2N4OS. The second-order valence-electron chi connectivity index (χ2n) is 7.32. The smallest absolute Gasteiger partial charge is 0.271 e. The number of hydrogen-bond acceptors (Lipinski definition) is 5. The molecule has 5 nitrogen and oxygen atoms in total. The molecule has 0 spiro atoms. The van der Waals surface area contributed by atoms with Gasteiger partial charge in [0.05, 0.1) is 5.01 Å². The van der Waals surface area contributed by atoms with Crippen LogP contribution in [0.25, 0.3) is 0 Å². The molecule has 1 saturated carbocycles. The third kappa shape index (κ3) is 7.54. The third-order valence-corrected chi connectivity index (χ3v) is 6.23. The number of rotatable bonds is 8. The Bertz CT molecular complexity index is 750. The lowest BCUT2D eigenvalue weighted by Gasteiger charge is -2.31. The fourth-order valence-electron chi connectivity index (χ4n) is 3.72. The number of nitrogens with one attached hydrogen (secondary N) is 1. The van der Waals surface area contributed by atoms with Gasteiger partial charge in [0.25, 0.3) is 5.91 Å². The number of hydrogen-bond donors (Lipinski definition) is 2. The Hall–Kier alpha value is -1.18. The molecule has 1 heterocycles. The van der Waals surface area contributed by atoms with Gasteiger partial charge in [-0.2, -0.15) is 0 Å². The van der Waals surface area contributed by atoms with Crippen LogP contribution in [0.1, 0.15) is 58.7 Å². The molecule has 2 aromatic rings. The average Bonchev–Trinajstić information content (AvgIpc) is 3.17. The molecule has 0 atom stereocenters. The predicted molar refractivity (Wildman–Crippen MR) is 125 cm³/mol. The molecular weight excluding hydrogens is 427 g/mol. The number of carbonyl (C=O) groups excluding carboxylic acids is 1. The van der Waals surface area contributed by atoms with Crippen molar-refractivity contribution in [2.75, 3.05) is 13.6 Å². The zero-order valence-corrected chi connectivity index (χ0v) is 19.4. The van der Waals surface area contributed by atoms with E-state index in [9.17, 15) is 4.79 Å². The topological polar surface area (TPSA) is 71.2 Å². The highest BCUT2D eigenvalue weighted by Gasteiger charge is 2.19. The SMILES string of the molecule is CN(Cc1ccccc1CNC(=O)c1csc(CCN)n1)C1CCCCC1.Cl.Cl. The van der Waals surface area contributed by atoms with Crippen LogP contribution in [0.2, 0.25) is 0 Å². The first kappa shape index (κ1) is 25.9. The van der Waals surface area contributed by atoms with E-state index in [1.165, 1.54) is 54.6 Å². The Morgan fingerprint density at radius 3 is 2.59 bits per heavy atom. The molecule has 162 valence electrons. The lowest BCUT2D eigenvalue weighted by Crippen LogP contribution is -2.33. The molecule has 0 unspecified atom stereocenters. The van der Waals surface area contributed by atoms with Gasteiger partial charge < -0.3 is 11.1 Å². The monoisotopic (exact) mass is 458 g/mol. The number of amides is 1. The van der Waals surface area contributed by atoms with Crippen molar-refractivity contribution in [1.82, 2.24) is 15.2 Å². The summed E-state index contributed by atoms with van der Waals surface area (Å²) in [4.78, 5) is 19.2. The van der Waals surface area contributed by atoms with Crippen LogP contribution in [0.4, 0.5) is 0 Å². The minimum Gasteiger partial charge on any atom is -0.347 e. The number of benzene rings is 1. The lowest BCUT2D eigenvalue weighted by atomic mass is 9.94. The number of thiazole rings is 1. The summed E-state index contributed by atoms with van der Waals surface area (Å²) in [7, 11) is 2.22. The first-order valence-electron chi connectivity index (χ1n) is 9.87. The molecule has 1 amide bonds. The van der Waals surface area contributed by atoms with Crippen LogP contribution in [0, 0.1) is 0 Å². The van der Waals surface area contributed by atoms with E-state index in [0.29, 0.717) is 31.2 Å². The van der Waals surface area contributed by atoms with E-state index in [2.05, 4.69) is 40.4 Å². The third-order valence-electron chi connectivity index (χ3n) is 5.32. The van der Waals surface area contributed by atoms with Crippen LogP contribution in [0.5, 0.6) is 0 Å². The van der Waals surface area contributed by atoms with Crippen LogP contribution in [-0.4, -0.2) is 35.4 Å². The van der Waals surface area contributed by atoms with E-state index >= 15 is 0 Å². The van der Waals surface area contributed by atoms with Crippen LogP contribution in [0.3, 0.4) is 0 Å². The van der Waals surface area contributed by atoms with Crippen molar-refractivity contribution in [3.05, 3.63) is 51.5 Å². The number of carbonyl (C=O) groups is 1. The van der Waals surface area contributed by atoms with E-state index in [0.717, 1.165) is 11.6 Å². The van der Waals surface area contributed by atoms with Gasteiger partial charge >= 0.3 is 0 Å². The highest BCUT2D eigenvalue weighted by atomic mass is 35.5. The maximum atomic E-state index is 12.4. The van der Waals surface area contributed by atoms with Crippen molar-refractivity contribution in [3.8, 4) is 0 Å². The summed E-state index contributed by atoms with van der Waals surface area (Å²) >= 11 is 1.49. The summed E-state index contributed by atoms with van der Waals surface area (Å²) in [6, 6.07) is 9.06. The summed E-state index contributed by atoms with van der Waals surface area (Å²) in [5.41, 5.74) is 8.50. The molecule has 1 aliphatic rings. The van der Waals surface area contributed by atoms with E-state index in [1.807, 2.05) is 11.4 Å². The lowest BCUT2D eigenvalue weighted by molar-refractivity contribution is 0.0946. The van der Waals surface area contributed by atoms with E-state index in [4.69, 9.17) is 5.73 Å². The van der Waals surface area contributed by atoms with E-state index in [1.54, 1.807) is 0 Å². The highest BCUT2D eigenvalue weighted by Crippen LogP contribution is 2.23. The van der Waals surface area contributed by atoms with Gasteiger partial charge in [-0.05, 0) is 37.6 Å².